The number of hydrogen-bond donors (Lipinski definition) is 1. The van der Waals surface area contributed by atoms with Gasteiger partial charge >= 0.3 is 5.97 Å². The Morgan fingerprint density at radius 3 is 2.52 bits per heavy atom. The number of ether oxygens (including phenoxy) is 1. The molecule has 3 rings (SSSR count). The molecule has 0 saturated carbocycles. The summed E-state index contributed by atoms with van der Waals surface area (Å²) in [5.74, 6) is -0.838. The molecule has 140 valence electrons. The minimum absolute atomic E-state index is 0.330. The maximum atomic E-state index is 12.9. The van der Waals surface area contributed by atoms with Gasteiger partial charge in [0.25, 0.3) is 5.56 Å². The van der Waals surface area contributed by atoms with Gasteiger partial charge in [0, 0.05) is 5.69 Å². The number of amides is 1. The third-order valence-corrected chi connectivity index (χ3v) is 5.54. The molecule has 0 aliphatic rings. The topological polar surface area (TPSA) is 90.3 Å². The number of nitrogens with zero attached hydrogens (tertiary/aromatic N) is 2. The number of aromatic nitrogens is 2. The number of esters is 1. The number of aryl methyl sites for hydroxylation is 2. The van der Waals surface area contributed by atoms with Gasteiger partial charge in [0.15, 0.2) is 0 Å². The van der Waals surface area contributed by atoms with Crippen molar-refractivity contribution < 1.29 is 14.3 Å². The third-order valence-electron chi connectivity index (χ3n) is 4.36. The molecule has 0 aliphatic carbocycles. The maximum absolute atomic E-state index is 12.9. The SMILES string of the molecule is COC(=O)c1sc2ncn([C@@H](C)C(=O)Nc3ccc(C)cc3)c(=O)c2c1C. The van der Waals surface area contributed by atoms with E-state index < -0.39 is 12.0 Å². The zero-order valence-corrected chi connectivity index (χ0v) is 16.2. The molecule has 0 bridgehead atoms. The summed E-state index contributed by atoms with van der Waals surface area (Å²) in [6, 6.07) is 6.62. The van der Waals surface area contributed by atoms with Crippen molar-refractivity contribution in [3.05, 3.63) is 57.0 Å². The monoisotopic (exact) mass is 385 g/mol. The molecule has 2 aromatic heterocycles. The largest absolute Gasteiger partial charge is 0.465 e. The lowest BCUT2D eigenvalue weighted by molar-refractivity contribution is -0.118. The van der Waals surface area contributed by atoms with E-state index in [2.05, 4.69) is 10.3 Å². The zero-order chi connectivity index (χ0) is 19.7. The molecule has 1 amide bonds. The molecule has 0 radical (unpaired) electrons. The minimum Gasteiger partial charge on any atom is -0.465 e. The molecule has 0 unspecified atom stereocenters. The molecule has 8 heteroatoms. The van der Waals surface area contributed by atoms with E-state index in [0.717, 1.165) is 16.9 Å². The summed E-state index contributed by atoms with van der Waals surface area (Å²) in [6.45, 7) is 5.26. The Morgan fingerprint density at radius 2 is 1.89 bits per heavy atom. The second-order valence-electron chi connectivity index (χ2n) is 6.22. The van der Waals surface area contributed by atoms with Crippen LogP contribution in [0.25, 0.3) is 10.2 Å². The predicted molar refractivity (Wildman–Crippen MR) is 104 cm³/mol. The fourth-order valence-electron chi connectivity index (χ4n) is 2.71. The quantitative estimate of drug-likeness (QED) is 0.697. The van der Waals surface area contributed by atoms with Crippen molar-refractivity contribution in [3.63, 3.8) is 0 Å². The van der Waals surface area contributed by atoms with E-state index in [9.17, 15) is 14.4 Å². The van der Waals surface area contributed by atoms with Crippen LogP contribution in [0, 0.1) is 13.8 Å². The molecular weight excluding hydrogens is 366 g/mol. The Kier molecular flexibility index (Phi) is 5.09. The summed E-state index contributed by atoms with van der Waals surface area (Å²) >= 11 is 1.10. The number of rotatable bonds is 4. The third kappa shape index (κ3) is 3.48. The first kappa shape index (κ1) is 18.8. The lowest BCUT2D eigenvalue weighted by Crippen LogP contribution is -2.31. The number of hydrogen-bond acceptors (Lipinski definition) is 6. The Hall–Kier alpha value is -3.00. The van der Waals surface area contributed by atoms with Crippen molar-refractivity contribution >= 4 is 39.1 Å². The molecule has 1 atom stereocenters. The first-order chi connectivity index (χ1) is 12.8. The molecule has 0 fully saturated rings. The van der Waals surface area contributed by atoms with Gasteiger partial charge in [-0.2, -0.15) is 0 Å². The van der Waals surface area contributed by atoms with E-state index >= 15 is 0 Å². The average molecular weight is 385 g/mol. The fraction of sp³-hybridized carbons (Fsp3) is 0.263. The van der Waals surface area contributed by atoms with Gasteiger partial charge in [0.1, 0.15) is 15.7 Å². The van der Waals surface area contributed by atoms with Crippen LogP contribution in [0.5, 0.6) is 0 Å². The van der Waals surface area contributed by atoms with E-state index in [4.69, 9.17) is 4.74 Å². The molecule has 27 heavy (non-hydrogen) atoms. The van der Waals surface area contributed by atoms with Crippen LogP contribution in [-0.4, -0.2) is 28.5 Å². The van der Waals surface area contributed by atoms with Crippen molar-refractivity contribution in [3.8, 4) is 0 Å². The van der Waals surface area contributed by atoms with Crippen LogP contribution in [0.2, 0.25) is 0 Å². The van der Waals surface area contributed by atoms with Crippen LogP contribution in [-0.2, 0) is 9.53 Å². The van der Waals surface area contributed by atoms with E-state index in [0.29, 0.717) is 26.3 Å². The van der Waals surface area contributed by atoms with E-state index in [1.165, 1.54) is 18.0 Å². The Bertz CT molecular complexity index is 1080. The molecular formula is C19H19N3O4S. The molecule has 2 heterocycles. The van der Waals surface area contributed by atoms with Crippen molar-refractivity contribution in [1.82, 2.24) is 9.55 Å². The highest BCUT2D eigenvalue weighted by Gasteiger charge is 2.23. The lowest BCUT2D eigenvalue weighted by atomic mass is 10.2. The Morgan fingerprint density at radius 1 is 1.22 bits per heavy atom. The lowest BCUT2D eigenvalue weighted by Gasteiger charge is -2.15. The molecule has 1 N–H and O–H groups in total. The number of anilines is 1. The zero-order valence-electron chi connectivity index (χ0n) is 15.4. The number of carbonyl (C=O) groups excluding carboxylic acids is 2. The van der Waals surface area contributed by atoms with Gasteiger partial charge in [-0.3, -0.25) is 14.2 Å². The summed E-state index contributed by atoms with van der Waals surface area (Å²) in [5.41, 5.74) is 1.88. The molecule has 0 saturated heterocycles. The van der Waals surface area contributed by atoms with Gasteiger partial charge in [0.05, 0.1) is 18.8 Å². The highest BCUT2D eigenvalue weighted by molar-refractivity contribution is 7.20. The molecule has 7 nitrogen and oxygen atoms in total. The van der Waals surface area contributed by atoms with Crippen molar-refractivity contribution in [2.24, 2.45) is 0 Å². The summed E-state index contributed by atoms with van der Waals surface area (Å²) in [6.07, 6.45) is 1.33. The number of fused-ring (bicyclic) bond motifs is 1. The van der Waals surface area contributed by atoms with Crippen LogP contribution in [0.15, 0.2) is 35.4 Å². The minimum atomic E-state index is -0.767. The summed E-state index contributed by atoms with van der Waals surface area (Å²) in [4.78, 5) is 42.4. The smallest absolute Gasteiger partial charge is 0.348 e. The maximum Gasteiger partial charge on any atom is 0.348 e. The fourth-order valence-corrected chi connectivity index (χ4v) is 3.77. The Balaban J connectivity index is 1.96. The van der Waals surface area contributed by atoms with Crippen LogP contribution in [0.3, 0.4) is 0 Å². The van der Waals surface area contributed by atoms with Crippen LogP contribution in [0.1, 0.15) is 33.8 Å². The van der Waals surface area contributed by atoms with Gasteiger partial charge in [-0.25, -0.2) is 9.78 Å². The number of methoxy groups -OCH3 is 1. The first-order valence-electron chi connectivity index (χ1n) is 8.29. The molecule has 0 spiro atoms. The predicted octanol–water partition coefficient (Wildman–Crippen LogP) is 3.06. The second-order valence-corrected chi connectivity index (χ2v) is 7.22. The second kappa shape index (κ2) is 7.32. The van der Waals surface area contributed by atoms with Crippen LogP contribution in [0.4, 0.5) is 5.69 Å². The van der Waals surface area contributed by atoms with Gasteiger partial charge in [-0.05, 0) is 38.5 Å². The molecule has 0 aliphatic heterocycles. The number of thiophene rings is 1. The molecule has 1 aromatic carbocycles. The van der Waals surface area contributed by atoms with Crippen molar-refractivity contribution in [2.45, 2.75) is 26.8 Å². The van der Waals surface area contributed by atoms with Crippen molar-refractivity contribution in [2.75, 3.05) is 12.4 Å². The highest BCUT2D eigenvalue weighted by Crippen LogP contribution is 2.27. The van der Waals surface area contributed by atoms with Crippen LogP contribution >= 0.6 is 11.3 Å². The molecule has 3 aromatic rings. The van der Waals surface area contributed by atoms with Gasteiger partial charge in [0.2, 0.25) is 5.91 Å². The highest BCUT2D eigenvalue weighted by atomic mass is 32.1. The van der Waals surface area contributed by atoms with E-state index in [-0.39, 0.29) is 11.5 Å². The van der Waals surface area contributed by atoms with Gasteiger partial charge in [-0.15, -0.1) is 11.3 Å². The normalized spacial score (nSPS) is 12.0. The average Bonchev–Trinajstić information content (AvgIpc) is 3.00. The number of carbonyl (C=O) groups is 2. The summed E-state index contributed by atoms with van der Waals surface area (Å²) in [7, 11) is 1.29. The number of benzene rings is 1. The van der Waals surface area contributed by atoms with E-state index in [1.54, 1.807) is 26.0 Å². The van der Waals surface area contributed by atoms with Crippen molar-refractivity contribution in [1.29, 1.82) is 0 Å². The summed E-state index contributed by atoms with van der Waals surface area (Å²) < 4.78 is 6.02. The van der Waals surface area contributed by atoms with Gasteiger partial charge in [-0.1, -0.05) is 17.7 Å². The van der Waals surface area contributed by atoms with Gasteiger partial charge < -0.3 is 10.1 Å². The number of nitrogens with one attached hydrogen (secondary N) is 1. The Labute approximate surface area is 159 Å². The summed E-state index contributed by atoms with van der Waals surface area (Å²) in [5, 5.41) is 3.12. The van der Waals surface area contributed by atoms with Crippen LogP contribution < -0.4 is 10.9 Å². The van der Waals surface area contributed by atoms with E-state index in [1.807, 2.05) is 19.1 Å². The standard InChI is InChI=1S/C19H19N3O4S/c1-10-5-7-13(8-6-10)21-16(23)12(3)22-9-20-17-14(18(22)24)11(2)15(27-17)19(25)26-4/h5-9,12H,1-4H3,(H,21,23)/t12-/m0/s1. The first-order valence-corrected chi connectivity index (χ1v) is 9.11.